The maximum atomic E-state index is 12.8. The van der Waals surface area contributed by atoms with Crippen molar-refractivity contribution in [2.24, 2.45) is 0 Å². The third kappa shape index (κ3) is 5.51. The number of benzene rings is 2. The van der Waals surface area contributed by atoms with E-state index in [-0.39, 0.29) is 11.1 Å². The van der Waals surface area contributed by atoms with Gasteiger partial charge in [-0.05, 0) is 55.7 Å². The lowest BCUT2D eigenvalue weighted by atomic mass is 10.2. The standard InChI is InChI=1S/C25H27N3O4S2/c1-31-18-8-10-22-20(16-18)24(29)27(33-22)13-5-2-3-6-14-28-25(30)21-17-19(9-11-23(21)34-28)32-15-7-4-12-26/h8-11,16-17H,2-7,13-15H2,1H3. The second-order valence-corrected chi connectivity index (χ2v) is 10.2. The molecule has 0 aliphatic rings. The summed E-state index contributed by atoms with van der Waals surface area (Å²) in [6.07, 6.45) is 4.99. The van der Waals surface area contributed by atoms with Crippen molar-refractivity contribution in [3.63, 3.8) is 0 Å². The minimum absolute atomic E-state index is 0.0229. The Bertz CT molecular complexity index is 1420. The summed E-state index contributed by atoms with van der Waals surface area (Å²) in [5, 5.41) is 10.0. The molecule has 0 atom stereocenters. The van der Waals surface area contributed by atoms with E-state index in [1.165, 1.54) is 23.1 Å². The molecule has 0 amide bonds. The highest BCUT2D eigenvalue weighted by atomic mass is 32.1. The molecule has 4 aromatic rings. The second kappa shape index (κ2) is 11.4. The van der Waals surface area contributed by atoms with Gasteiger partial charge < -0.3 is 9.47 Å². The number of nitriles is 1. The Hall–Kier alpha value is -3.09. The van der Waals surface area contributed by atoms with Crippen molar-refractivity contribution in [3.8, 4) is 17.6 Å². The first-order chi connectivity index (χ1) is 16.6. The molecule has 2 aromatic carbocycles. The summed E-state index contributed by atoms with van der Waals surface area (Å²) < 4.78 is 16.4. The molecule has 4 rings (SSSR count). The summed E-state index contributed by atoms with van der Waals surface area (Å²) in [7, 11) is 1.60. The summed E-state index contributed by atoms with van der Waals surface area (Å²) in [5.74, 6) is 1.37. The molecule has 34 heavy (non-hydrogen) atoms. The fourth-order valence-corrected chi connectivity index (χ4v) is 5.84. The molecule has 0 aliphatic heterocycles. The van der Waals surface area contributed by atoms with Gasteiger partial charge in [-0.2, -0.15) is 5.26 Å². The smallest absolute Gasteiger partial charge is 0.268 e. The van der Waals surface area contributed by atoms with E-state index in [0.717, 1.165) is 35.1 Å². The van der Waals surface area contributed by atoms with Gasteiger partial charge in [0.25, 0.3) is 11.1 Å². The van der Waals surface area contributed by atoms with Crippen LogP contribution >= 0.6 is 23.1 Å². The van der Waals surface area contributed by atoms with Crippen molar-refractivity contribution in [1.29, 1.82) is 5.26 Å². The minimum Gasteiger partial charge on any atom is -0.497 e. The maximum Gasteiger partial charge on any atom is 0.268 e. The number of hydrogen-bond acceptors (Lipinski definition) is 7. The number of aromatic nitrogens is 2. The Kier molecular flexibility index (Phi) is 8.03. The maximum absolute atomic E-state index is 12.8. The van der Waals surface area contributed by atoms with Crippen LogP contribution in [0.15, 0.2) is 46.0 Å². The molecule has 0 bridgehead atoms. The van der Waals surface area contributed by atoms with Crippen LogP contribution in [0.5, 0.6) is 11.5 Å². The van der Waals surface area contributed by atoms with Crippen LogP contribution in [0, 0.1) is 11.3 Å². The number of rotatable bonds is 12. The third-order valence-corrected chi connectivity index (χ3v) is 7.89. The van der Waals surface area contributed by atoms with Crippen LogP contribution in [0.25, 0.3) is 20.2 Å². The van der Waals surface area contributed by atoms with E-state index in [1.54, 1.807) is 19.2 Å². The molecule has 0 saturated heterocycles. The summed E-state index contributed by atoms with van der Waals surface area (Å²) in [5.41, 5.74) is 0.0684. The fraction of sp³-hybridized carbons (Fsp3) is 0.400. The molecule has 0 aliphatic carbocycles. The van der Waals surface area contributed by atoms with Gasteiger partial charge in [-0.3, -0.25) is 17.5 Å². The highest BCUT2D eigenvalue weighted by Crippen LogP contribution is 2.24. The zero-order chi connectivity index (χ0) is 23.9. The van der Waals surface area contributed by atoms with E-state index in [1.807, 2.05) is 32.2 Å². The van der Waals surface area contributed by atoms with Gasteiger partial charge in [0, 0.05) is 19.5 Å². The lowest BCUT2D eigenvalue weighted by molar-refractivity contribution is 0.313. The van der Waals surface area contributed by atoms with E-state index in [0.29, 0.717) is 54.8 Å². The van der Waals surface area contributed by atoms with Gasteiger partial charge in [-0.15, -0.1) is 0 Å². The second-order valence-electron chi connectivity index (χ2n) is 8.04. The SMILES string of the molecule is COc1ccc2sn(CCCCCCn3sc4ccc(OCCCC#N)cc4c3=O)c(=O)c2c1. The van der Waals surface area contributed by atoms with Gasteiger partial charge in [0.15, 0.2) is 0 Å². The minimum atomic E-state index is 0.0229. The number of methoxy groups -OCH3 is 1. The van der Waals surface area contributed by atoms with Gasteiger partial charge in [0.2, 0.25) is 0 Å². The molecule has 0 saturated carbocycles. The number of hydrogen-bond donors (Lipinski definition) is 0. The first-order valence-corrected chi connectivity index (χ1v) is 13.0. The van der Waals surface area contributed by atoms with E-state index in [9.17, 15) is 9.59 Å². The average Bonchev–Trinajstić information content (AvgIpc) is 3.34. The number of aryl methyl sites for hydroxylation is 2. The van der Waals surface area contributed by atoms with Crippen LogP contribution in [0.2, 0.25) is 0 Å². The van der Waals surface area contributed by atoms with E-state index >= 15 is 0 Å². The molecule has 0 N–H and O–H groups in total. The topological polar surface area (TPSA) is 86.2 Å². The quantitative estimate of drug-likeness (QED) is 0.245. The van der Waals surface area contributed by atoms with Crippen LogP contribution in [-0.4, -0.2) is 21.6 Å². The normalized spacial score (nSPS) is 11.2. The molecular weight excluding hydrogens is 470 g/mol. The predicted octanol–water partition coefficient (Wildman–Crippen LogP) is 5.39. The van der Waals surface area contributed by atoms with Crippen molar-refractivity contribution in [2.45, 2.75) is 51.6 Å². The predicted molar refractivity (Wildman–Crippen MR) is 138 cm³/mol. The molecule has 2 aromatic heterocycles. The van der Waals surface area contributed by atoms with E-state index < -0.39 is 0 Å². The van der Waals surface area contributed by atoms with Crippen molar-refractivity contribution < 1.29 is 9.47 Å². The van der Waals surface area contributed by atoms with Crippen LogP contribution in [0.4, 0.5) is 0 Å². The van der Waals surface area contributed by atoms with Crippen molar-refractivity contribution >= 4 is 43.2 Å². The largest absolute Gasteiger partial charge is 0.497 e. The van der Waals surface area contributed by atoms with E-state index in [4.69, 9.17) is 14.7 Å². The summed E-state index contributed by atoms with van der Waals surface area (Å²) in [4.78, 5) is 25.4. The van der Waals surface area contributed by atoms with Gasteiger partial charge in [-0.25, -0.2) is 0 Å². The summed E-state index contributed by atoms with van der Waals surface area (Å²) in [6.45, 7) is 1.87. The Labute approximate surface area is 205 Å². The van der Waals surface area contributed by atoms with Crippen LogP contribution in [0.1, 0.15) is 38.5 Å². The summed E-state index contributed by atoms with van der Waals surface area (Å²) in [6, 6.07) is 13.3. The highest BCUT2D eigenvalue weighted by Gasteiger charge is 2.10. The number of fused-ring (bicyclic) bond motifs is 2. The molecule has 7 nitrogen and oxygen atoms in total. The first-order valence-electron chi connectivity index (χ1n) is 11.4. The van der Waals surface area contributed by atoms with Gasteiger partial charge in [0.1, 0.15) is 11.5 Å². The zero-order valence-electron chi connectivity index (χ0n) is 19.1. The molecule has 0 fully saturated rings. The fourth-order valence-electron chi connectivity index (χ4n) is 3.82. The number of ether oxygens (including phenoxy) is 2. The number of unbranched alkanes of at least 4 members (excludes halogenated alkanes) is 4. The summed E-state index contributed by atoms with van der Waals surface area (Å²) >= 11 is 2.98. The van der Waals surface area contributed by atoms with Crippen LogP contribution in [-0.2, 0) is 13.1 Å². The monoisotopic (exact) mass is 497 g/mol. The van der Waals surface area contributed by atoms with Gasteiger partial charge >= 0.3 is 0 Å². The van der Waals surface area contributed by atoms with Crippen molar-refractivity contribution in [2.75, 3.05) is 13.7 Å². The highest BCUT2D eigenvalue weighted by molar-refractivity contribution is 7.14. The number of nitrogens with zero attached hydrogens (tertiary/aromatic N) is 3. The molecule has 0 spiro atoms. The Balaban J connectivity index is 1.26. The Morgan fingerprint density at radius 1 is 0.824 bits per heavy atom. The first kappa shape index (κ1) is 24.0. The lowest BCUT2D eigenvalue weighted by Gasteiger charge is -2.03. The Morgan fingerprint density at radius 2 is 1.38 bits per heavy atom. The molecule has 178 valence electrons. The van der Waals surface area contributed by atoms with Crippen LogP contribution < -0.4 is 20.6 Å². The molecule has 0 radical (unpaired) electrons. The zero-order valence-corrected chi connectivity index (χ0v) is 20.8. The molecule has 0 unspecified atom stereocenters. The van der Waals surface area contributed by atoms with Crippen LogP contribution in [0.3, 0.4) is 0 Å². The van der Waals surface area contributed by atoms with Gasteiger partial charge in [-0.1, -0.05) is 35.9 Å². The van der Waals surface area contributed by atoms with Crippen molar-refractivity contribution in [3.05, 3.63) is 57.1 Å². The van der Waals surface area contributed by atoms with E-state index in [2.05, 4.69) is 6.07 Å². The van der Waals surface area contributed by atoms with Crippen molar-refractivity contribution in [1.82, 2.24) is 7.91 Å². The molecule has 9 heteroatoms. The average molecular weight is 498 g/mol. The molecular formula is C25H27N3O4S2. The van der Waals surface area contributed by atoms with Gasteiger partial charge in [0.05, 0.1) is 40.0 Å². The third-order valence-electron chi connectivity index (χ3n) is 5.64. The molecule has 2 heterocycles. The lowest BCUT2D eigenvalue weighted by Crippen LogP contribution is -2.13. The Morgan fingerprint density at radius 3 is 1.94 bits per heavy atom.